The highest BCUT2D eigenvalue weighted by atomic mass is 19.1. The Morgan fingerprint density at radius 3 is 2.23 bits per heavy atom. The van der Waals surface area contributed by atoms with E-state index < -0.39 is 6.10 Å². The number of carbonyl (C=O) groups excluding carboxylic acids is 1. The zero-order valence-corrected chi connectivity index (χ0v) is 15.0. The maximum Gasteiger partial charge on any atom is 0.263 e. The molecule has 0 spiro atoms. The predicted octanol–water partition coefficient (Wildman–Crippen LogP) is 2.95. The third kappa shape index (κ3) is 4.07. The van der Waals surface area contributed by atoms with E-state index in [2.05, 4.69) is 0 Å². The first kappa shape index (κ1) is 18.0. The molecule has 1 saturated heterocycles. The van der Waals surface area contributed by atoms with Gasteiger partial charge < -0.3 is 19.3 Å². The van der Waals surface area contributed by atoms with Crippen molar-refractivity contribution in [3.63, 3.8) is 0 Å². The number of piperazine rings is 1. The summed E-state index contributed by atoms with van der Waals surface area (Å²) in [5.41, 5.74) is 0.585. The summed E-state index contributed by atoms with van der Waals surface area (Å²) in [6, 6.07) is 13.9. The summed E-state index contributed by atoms with van der Waals surface area (Å²) in [6.07, 6.45) is -0.580. The van der Waals surface area contributed by atoms with Gasteiger partial charge in [0.1, 0.15) is 17.3 Å². The van der Waals surface area contributed by atoms with Crippen LogP contribution in [0.15, 0.2) is 48.5 Å². The van der Waals surface area contributed by atoms with Gasteiger partial charge in [-0.25, -0.2) is 4.39 Å². The van der Waals surface area contributed by atoms with Crippen LogP contribution in [0.4, 0.5) is 10.1 Å². The number of ether oxygens (including phenoxy) is 2. The van der Waals surface area contributed by atoms with E-state index in [-0.39, 0.29) is 11.7 Å². The summed E-state index contributed by atoms with van der Waals surface area (Å²) in [5, 5.41) is 0. The fraction of sp³-hybridized carbons (Fsp3) is 0.350. The molecule has 5 nitrogen and oxygen atoms in total. The number of hydrogen-bond donors (Lipinski definition) is 0. The van der Waals surface area contributed by atoms with Crippen LogP contribution < -0.4 is 14.4 Å². The van der Waals surface area contributed by atoms with Gasteiger partial charge in [0.15, 0.2) is 6.10 Å². The molecule has 0 saturated carbocycles. The highest BCUT2D eigenvalue weighted by Gasteiger charge is 2.26. The van der Waals surface area contributed by atoms with Crippen molar-refractivity contribution < 1.29 is 18.7 Å². The van der Waals surface area contributed by atoms with Crippen LogP contribution in [0, 0.1) is 5.82 Å². The third-order valence-corrected chi connectivity index (χ3v) is 4.50. The molecular weight excluding hydrogens is 335 g/mol. The quantitative estimate of drug-likeness (QED) is 0.824. The van der Waals surface area contributed by atoms with E-state index in [4.69, 9.17) is 9.47 Å². The summed E-state index contributed by atoms with van der Waals surface area (Å²) in [6.45, 7) is 4.03. The van der Waals surface area contributed by atoms with Crippen LogP contribution in [0.1, 0.15) is 6.92 Å². The second kappa shape index (κ2) is 8.08. The molecule has 26 heavy (non-hydrogen) atoms. The smallest absolute Gasteiger partial charge is 0.263 e. The second-order valence-corrected chi connectivity index (χ2v) is 6.20. The number of carbonyl (C=O) groups is 1. The topological polar surface area (TPSA) is 42.0 Å². The van der Waals surface area contributed by atoms with Gasteiger partial charge >= 0.3 is 0 Å². The lowest BCUT2D eigenvalue weighted by Gasteiger charge is -2.37. The molecular formula is C20H23FN2O3. The molecule has 3 rings (SSSR count). The van der Waals surface area contributed by atoms with Gasteiger partial charge in [-0.05, 0) is 43.3 Å². The number of halogens is 1. The molecule has 138 valence electrons. The van der Waals surface area contributed by atoms with Gasteiger partial charge in [-0.2, -0.15) is 0 Å². The normalized spacial score (nSPS) is 15.5. The average Bonchev–Trinajstić information content (AvgIpc) is 2.68. The Bertz CT molecular complexity index is 743. The average molecular weight is 358 g/mol. The van der Waals surface area contributed by atoms with E-state index in [0.29, 0.717) is 37.6 Å². The molecule has 0 N–H and O–H groups in total. The fourth-order valence-electron chi connectivity index (χ4n) is 3.04. The molecule has 0 aromatic heterocycles. The maximum absolute atomic E-state index is 13.9. The summed E-state index contributed by atoms with van der Waals surface area (Å²) in [4.78, 5) is 16.4. The number of rotatable bonds is 5. The fourth-order valence-corrected chi connectivity index (χ4v) is 3.04. The minimum atomic E-state index is -0.580. The number of para-hydroxylation sites is 1. The Labute approximate surface area is 152 Å². The second-order valence-electron chi connectivity index (χ2n) is 6.20. The lowest BCUT2D eigenvalue weighted by molar-refractivity contribution is -0.138. The van der Waals surface area contributed by atoms with Crippen molar-refractivity contribution in [1.29, 1.82) is 0 Å². The monoisotopic (exact) mass is 358 g/mol. The Morgan fingerprint density at radius 2 is 1.62 bits per heavy atom. The molecule has 1 aliphatic heterocycles. The lowest BCUT2D eigenvalue weighted by Crippen LogP contribution is -2.52. The Morgan fingerprint density at radius 1 is 1.00 bits per heavy atom. The van der Waals surface area contributed by atoms with Gasteiger partial charge in [-0.1, -0.05) is 12.1 Å². The van der Waals surface area contributed by atoms with Crippen LogP contribution in [0.3, 0.4) is 0 Å². The van der Waals surface area contributed by atoms with Crippen molar-refractivity contribution in [2.24, 2.45) is 0 Å². The van der Waals surface area contributed by atoms with Crippen molar-refractivity contribution in [2.75, 3.05) is 38.2 Å². The molecule has 0 aliphatic carbocycles. The first-order valence-electron chi connectivity index (χ1n) is 8.67. The van der Waals surface area contributed by atoms with Crippen molar-refractivity contribution in [1.82, 2.24) is 4.90 Å². The van der Waals surface area contributed by atoms with Gasteiger partial charge in [0.05, 0.1) is 12.8 Å². The standard InChI is InChI=1S/C20H23FN2O3/c1-15(26-17-9-7-16(25-2)8-10-17)20(24)23-13-11-22(12-14-23)19-6-4-3-5-18(19)21/h3-10,15H,11-14H2,1-2H3/t15-/m1/s1. The van der Waals surface area contributed by atoms with Crippen molar-refractivity contribution in [3.8, 4) is 11.5 Å². The Kier molecular flexibility index (Phi) is 5.61. The molecule has 2 aromatic rings. The molecule has 2 aromatic carbocycles. The van der Waals surface area contributed by atoms with Crippen molar-refractivity contribution >= 4 is 11.6 Å². The first-order chi connectivity index (χ1) is 12.6. The van der Waals surface area contributed by atoms with Crippen molar-refractivity contribution in [2.45, 2.75) is 13.0 Å². The van der Waals surface area contributed by atoms with E-state index in [1.165, 1.54) is 6.07 Å². The van der Waals surface area contributed by atoms with Gasteiger partial charge in [0, 0.05) is 26.2 Å². The van der Waals surface area contributed by atoms with Crippen LogP contribution in [-0.4, -0.2) is 50.2 Å². The SMILES string of the molecule is COc1ccc(O[C@H](C)C(=O)N2CCN(c3ccccc3F)CC2)cc1. The molecule has 1 atom stereocenters. The number of benzene rings is 2. The van der Waals surface area contributed by atoms with E-state index in [0.717, 1.165) is 5.75 Å². The van der Waals surface area contributed by atoms with E-state index in [9.17, 15) is 9.18 Å². The number of methoxy groups -OCH3 is 1. The van der Waals surface area contributed by atoms with E-state index >= 15 is 0 Å². The zero-order chi connectivity index (χ0) is 18.5. The van der Waals surface area contributed by atoms with Gasteiger partial charge in [0.2, 0.25) is 0 Å². The van der Waals surface area contributed by atoms with E-state index in [1.54, 1.807) is 55.3 Å². The molecule has 1 aliphatic rings. The molecule has 1 amide bonds. The summed E-state index contributed by atoms with van der Waals surface area (Å²) in [7, 11) is 1.60. The Balaban J connectivity index is 1.55. The summed E-state index contributed by atoms with van der Waals surface area (Å²) >= 11 is 0. The highest BCUT2D eigenvalue weighted by molar-refractivity contribution is 5.81. The maximum atomic E-state index is 13.9. The highest BCUT2D eigenvalue weighted by Crippen LogP contribution is 2.21. The minimum absolute atomic E-state index is 0.0611. The number of anilines is 1. The van der Waals surface area contributed by atoms with Crippen LogP contribution in [-0.2, 0) is 4.79 Å². The van der Waals surface area contributed by atoms with Crippen LogP contribution >= 0.6 is 0 Å². The number of amides is 1. The van der Waals surface area contributed by atoms with Gasteiger partial charge in [-0.15, -0.1) is 0 Å². The van der Waals surface area contributed by atoms with Crippen LogP contribution in [0.2, 0.25) is 0 Å². The molecule has 0 radical (unpaired) electrons. The van der Waals surface area contributed by atoms with Crippen LogP contribution in [0.25, 0.3) is 0 Å². The molecule has 1 fully saturated rings. The van der Waals surface area contributed by atoms with Gasteiger partial charge in [0.25, 0.3) is 5.91 Å². The predicted molar refractivity (Wildman–Crippen MR) is 98.3 cm³/mol. The number of hydrogen-bond acceptors (Lipinski definition) is 4. The minimum Gasteiger partial charge on any atom is -0.497 e. The Hall–Kier alpha value is -2.76. The van der Waals surface area contributed by atoms with Gasteiger partial charge in [-0.3, -0.25) is 4.79 Å². The zero-order valence-electron chi connectivity index (χ0n) is 15.0. The number of nitrogens with zero attached hydrogens (tertiary/aromatic N) is 2. The molecule has 0 unspecified atom stereocenters. The van der Waals surface area contributed by atoms with Crippen molar-refractivity contribution in [3.05, 3.63) is 54.3 Å². The van der Waals surface area contributed by atoms with Crippen LogP contribution in [0.5, 0.6) is 11.5 Å². The summed E-state index contributed by atoms with van der Waals surface area (Å²) in [5.74, 6) is 1.06. The lowest BCUT2D eigenvalue weighted by atomic mass is 10.2. The first-order valence-corrected chi connectivity index (χ1v) is 8.67. The largest absolute Gasteiger partial charge is 0.497 e. The molecule has 6 heteroatoms. The summed E-state index contributed by atoms with van der Waals surface area (Å²) < 4.78 is 24.8. The van der Waals surface area contributed by atoms with E-state index in [1.807, 2.05) is 11.0 Å². The molecule has 0 bridgehead atoms. The molecule has 1 heterocycles. The third-order valence-electron chi connectivity index (χ3n) is 4.50.